The van der Waals surface area contributed by atoms with Crippen LogP contribution in [0.15, 0.2) is 42.0 Å². The van der Waals surface area contributed by atoms with Crippen molar-refractivity contribution in [3.05, 3.63) is 68.2 Å². The highest BCUT2D eigenvalue weighted by Gasteiger charge is 2.48. The van der Waals surface area contributed by atoms with E-state index >= 15 is 0 Å². The maximum atomic E-state index is 13.2. The third-order valence-electron chi connectivity index (χ3n) is 5.24. The van der Waals surface area contributed by atoms with Gasteiger partial charge >= 0.3 is 5.91 Å². The molecule has 0 aliphatic carbocycles. The van der Waals surface area contributed by atoms with Gasteiger partial charge in [-0.2, -0.15) is 0 Å². The molecule has 11 heteroatoms. The molecule has 5 rings (SSSR count). The Labute approximate surface area is 202 Å². The van der Waals surface area contributed by atoms with Crippen molar-refractivity contribution >= 4 is 57.1 Å². The fourth-order valence-electron chi connectivity index (χ4n) is 3.76. The van der Waals surface area contributed by atoms with E-state index in [4.69, 9.17) is 32.7 Å². The molecule has 0 spiro atoms. The number of hydrogen-bond donors (Lipinski definition) is 1. The first-order valence-electron chi connectivity index (χ1n) is 9.81. The average Bonchev–Trinajstić information content (AvgIpc) is 3.35. The maximum Gasteiger partial charge on any atom is 0.301 e. The van der Waals surface area contributed by atoms with E-state index in [1.807, 2.05) is 0 Å². The highest BCUT2D eigenvalue weighted by molar-refractivity contribution is 7.15. The Kier molecular flexibility index (Phi) is 5.48. The Morgan fingerprint density at radius 3 is 2.52 bits per heavy atom. The summed E-state index contributed by atoms with van der Waals surface area (Å²) < 4.78 is 11.1. The topological polar surface area (TPSA) is 102 Å². The van der Waals surface area contributed by atoms with Crippen LogP contribution in [-0.4, -0.2) is 40.2 Å². The molecule has 1 amide bonds. The summed E-state index contributed by atoms with van der Waals surface area (Å²) in [6, 6.07) is 8.58. The lowest BCUT2D eigenvalue weighted by atomic mass is 9.95. The molecule has 2 aliphatic heterocycles. The van der Waals surface area contributed by atoms with Gasteiger partial charge in [0.05, 0.1) is 21.7 Å². The molecule has 8 nitrogen and oxygen atoms in total. The molecule has 0 saturated carbocycles. The zero-order valence-electron chi connectivity index (χ0n) is 17.0. The number of aliphatic hydroxyl groups excluding tert-OH is 1. The Hall–Kier alpha value is -3.14. The van der Waals surface area contributed by atoms with Crippen molar-refractivity contribution in [2.45, 2.75) is 13.0 Å². The predicted octanol–water partition coefficient (Wildman–Crippen LogP) is 4.55. The number of nitrogens with zero attached hydrogens (tertiary/aromatic N) is 3. The minimum Gasteiger partial charge on any atom is -0.507 e. The number of anilines is 1. The SMILES string of the molecule is Cc1nnc(N2C(=O)C(=O)/C(=C(/O)c3ccc4c(c3)OCCO4)[C@H]2c2ccc(Cl)c(Cl)c2)s1. The van der Waals surface area contributed by atoms with Gasteiger partial charge in [0.2, 0.25) is 5.13 Å². The molecule has 0 unspecified atom stereocenters. The van der Waals surface area contributed by atoms with E-state index < -0.39 is 17.7 Å². The van der Waals surface area contributed by atoms with Crippen molar-refractivity contribution in [2.24, 2.45) is 0 Å². The van der Waals surface area contributed by atoms with Crippen LogP contribution in [0.3, 0.4) is 0 Å². The van der Waals surface area contributed by atoms with Crippen LogP contribution in [0.25, 0.3) is 5.76 Å². The number of aryl methyl sites for hydroxylation is 1. The van der Waals surface area contributed by atoms with Crippen LogP contribution in [0.2, 0.25) is 10.0 Å². The van der Waals surface area contributed by atoms with Crippen molar-refractivity contribution < 1.29 is 24.2 Å². The molecule has 33 heavy (non-hydrogen) atoms. The summed E-state index contributed by atoms with van der Waals surface area (Å²) in [6.45, 7) is 2.52. The lowest BCUT2D eigenvalue weighted by Gasteiger charge is -2.23. The first kappa shape index (κ1) is 21.7. The Bertz CT molecular complexity index is 1340. The van der Waals surface area contributed by atoms with Gasteiger partial charge in [-0.25, -0.2) is 0 Å². The minimum atomic E-state index is -0.986. The number of Topliss-reactive ketones (excluding diaryl/α,β-unsaturated/α-hetero) is 1. The predicted molar refractivity (Wildman–Crippen MR) is 123 cm³/mol. The fourth-order valence-corrected chi connectivity index (χ4v) is 4.78. The summed E-state index contributed by atoms with van der Waals surface area (Å²) in [5.41, 5.74) is 0.675. The van der Waals surface area contributed by atoms with E-state index in [0.29, 0.717) is 45.9 Å². The number of ether oxygens (including phenoxy) is 2. The van der Waals surface area contributed by atoms with Gasteiger partial charge in [-0.15, -0.1) is 10.2 Å². The molecule has 2 aromatic carbocycles. The standard InChI is InChI=1S/C22H15Cl2N3O5S/c1-10-25-26-22(33-10)27-18(11-2-4-13(23)14(24)8-11)17(20(29)21(27)30)19(28)12-3-5-15-16(9-12)32-7-6-31-15/h2-5,8-9,18,28H,6-7H2,1H3/b19-17+/t18-/m1/s1. The first-order valence-corrected chi connectivity index (χ1v) is 11.4. The molecule has 1 N–H and O–H groups in total. The van der Waals surface area contributed by atoms with Gasteiger partial charge in [0, 0.05) is 5.56 Å². The van der Waals surface area contributed by atoms with E-state index in [9.17, 15) is 14.7 Å². The lowest BCUT2D eigenvalue weighted by Crippen LogP contribution is -2.29. The minimum absolute atomic E-state index is 0.108. The molecule has 1 fully saturated rings. The second-order valence-electron chi connectivity index (χ2n) is 7.30. The van der Waals surface area contributed by atoms with Crippen molar-refractivity contribution in [3.63, 3.8) is 0 Å². The van der Waals surface area contributed by atoms with Crippen LogP contribution in [0.4, 0.5) is 5.13 Å². The number of hydrogen-bond acceptors (Lipinski definition) is 8. The maximum absolute atomic E-state index is 13.2. The second kappa shape index (κ2) is 8.33. The molecule has 168 valence electrons. The number of benzene rings is 2. The van der Waals surface area contributed by atoms with Gasteiger partial charge < -0.3 is 14.6 Å². The second-order valence-corrected chi connectivity index (χ2v) is 9.28. The van der Waals surface area contributed by atoms with Gasteiger partial charge in [-0.05, 0) is 42.8 Å². The summed E-state index contributed by atoms with van der Waals surface area (Å²) in [5, 5.41) is 20.6. The number of rotatable bonds is 3. The monoisotopic (exact) mass is 503 g/mol. The molecule has 2 aliphatic rings. The van der Waals surface area contributed by atoms with E-state index in [2.05, 4.69) is 10.2 Å². The molecule has 3 aromatic rings. The normalized spacial score (nSPS) is 19.2. The van der Waals surface area contributed by atoms with Crippen LogP contribution in [0.1, 0.15) is 22.2 Å². The van der Waals surface area contributed by atoms with Gasteiger partial charge in [0.15, 0.2) is 11.5 Å². The van der Waals surface area contributed by atoms with E-state index in [-0.39, 0.29) is 21.5 Å². The summed E-state index contributed by atoms with van der Waals surface area (Å²) in [5.74, 6) is -1.08. The highest BCUT2D eigenvalue weighted by atomic mass is 35.5. The number of ketones is 1. The van der Waals surface area contributed by atoms with Crippen molar-refractivity contribution in [1.29, 1.82) is 0 Å². The molecule has 1 aromatic heterocycles. The molecule has 3 heterocycles. The number of aromatic nitrogens is 2. The van der Waals surface area contributed by atoms with Gasteiger partial charge in [-0.1, -0.05) is 40.6 Å². The fraction of sp³-hybridized carbons (Fsp3) is 0.182. The highest BCUT2D eigenvalue weighted by Crippen LogP contribution is 2.44. The van der Waals surface area contributed by atoms with Crippen LogP contribution >= 0.6 is 34.5 Å². The third kappa shape index (κ3) is 3.72. The quantitative estimate of drug-likeness (QED) is 0.317. The number of aliphatic hydroxyl groups is 1. The van der Waals surface area contributed by atoms with Crippen LogP contribution in [0.5, 0.6) is 11.5 Å². The summed E-state index contributed by atoms with van der Waals surface area (Å²) in [7, 11) is 0. The van der Waals surface area contributed by atoms with Crippen LogP contribution in [0, 0.1) is 6.92 Å². The molecule has 1 atom stereocenters. The van der Waals surface area contributed by atoms with Gasteiger partial charge in [0.25, 0.3) is 5.78 Å². The first-order chi connectivity index (χ1) is 15.8. The number of carbonyl (C=O) groups is 2. The largest absolute Gasteiger partial charge is 0.507 e. The lowest BCUT2D eigenvalue weighted by molar-refractivity contribution is -0.132. The molecule has 0 bridgehead atoms. The van der Waals surface area contributed by atoms with E-state index in [1.54, 1.807) is 43.3 Å². The third-order valence-corrected chi connectivity index (χ3v) is 6.82. The zero-order chi connectivity index (χ0) is 23.3. The zero-order valence-corrected chi connectivity index (χ0v) is 19.4. The Morgan fingerprint density at radius 1 is 1.06 bits per heavy atom. The number of amides is 1. The number of carbonyl (C=O) groups excluding carboxylic acids is 2. The average molecular weight is 504 g/mol. The van der Waals surface area contributed by atoms with Crippen molar-refractivity contribution in [3.8, 4) is 11.5 Å². The molecular weight excluding hydrogens is 489 g/mol. The van der Waals surface area contributed by atoms with Crippen LogP contribution in [-0.2, 0) is 9.59 Å². The Balaban J connectivity index is 1.70. The van der Waals surface area contributed by atoms with Gasteiger partial charge in [0.1, 0.15) is 24.0 Å². The van der Waals surface area contributed by atoms with E-state index in [1.165, 1.54) is 4.90 Å². The van der Waals surface area contributed by atoms with Crippen molar-refractivity contribution in [2.75, 3.05) is 18.1 Å². The smallest absolute Gasteiger partial charge is 0.301 e. The van der Waals surface area contributed by atoms with Crippen molar-refractivity contribution in [1.82, 2.24) is 10.2 Å². The molecule has 1 saturated heterocycles. The summed E-state index contributed by atoms with van der Waals surface area (Å²) in [6.07, 6.45) is 0. The van der Waals surface area contributed by atoms with E-state index in [0.717, 1.165) is 11.3 Å². The number of fused-ring (bicyclic) bond motifs is 1. The van der Waals surface area contributed by atoms with Crippen LogP contribution < -0.4 is 14.4 Å². The number of halogens is 2. The molecular formula is C22H15Cl2N3O5S. The summed E-state index contributed by atoms with van der Waals surface area (Å²) in [4.78, 5) is 27.5. The Morgan fingerprint density at radius 2 is 1.82 bits per heavy atom. The van der Waals surface area contributed by atoms with Gasteiger partial charge in [-0.3, -0.25) is 14.5 Å². The summed E-state index contributed by atoms with van der Waals surface area (Å²) >= 11 is 13.5. The molecule has 0 radical (unpaired) electrons.